The summed E-state index contributed by atoms with van der Waals surface area (Å²) in [7, 11) is 0. The summed E-state index contributed by atoms with van der Waals surface area (Å²) in [6.45, 7) is 5.27. The van der Waals surface area contributed by atoms with Crippen LogP contribution in [0.3, 0.4) is 0 Å². The number of thiophene rings is 1. The van der Waals surface area contributed by atoms with Gasteiger partial charge in [-0.25, -0.2) is 9.78 Å². The Morgan fingerprint density at radius 1 is 1.48 bits per heavy atom. The first kappa shape index (κ1) is 16.0. The van der Waals surface area contributed by atoms with Gasteiger partial charge in [-0.15, -0.1) is 11.3 Å². The van der Waals surface area contributed by atoms with Crippen LogP contribution >= 0.6 is 11.3 Å². The fraction of sp³-hybridized carbons (Fsp3) is 0.500. The Bertz CT molecular complexity index is 721. The zero-order chi connectivity index (χ0) is 16.4. The second kappa shape index (κ2) is 6.72. The normalized spacial score (nSPS) is 15.8. The van der Waals surface area contributed by atoms with Crippen LogP contribution in [0.15, 0.2) is 6.07 Å². The molecule has 3 rings (SSSR count). The van der Waals surface area contributed by atoms with Crippen LogP contribution in [0.25, 0.3) is 10.2 Å². The third kappa shape index (κ3) is 3.11. The standard InChI is InChI=1S/C16H21N3O3S/c1-2-4-10-9-11(19-5-3-7-22-8-6-19)18-15-12(10)13(17)14(23-15)16(20)21/h9H,2-8,17H2,1H3,(H,20,21). The smallest absolute Gasteiger partial charge is 0.348 e. The lowest BCUT2D eigenvalue weighted by molar-refractivity contribution is 0.0703. The van der Waals surface area contributed by atoms with Gasteiger partial charge in [0.05, 0.1) is 12.3 Å². The number of anilines is 2. The van der Waals surface area contributed by atoms with Gasteiger partial charge >= 0.3 is 5.97 Å². The Morgan fingerprint density at radius 3 is 3.04 bits per heavy atom. The highest BCUT2D eigenvalue weighted by molar-refractivity contribution is 7.21. The molecule has 23 heavy (non-hydrogen) atoms. The quantitative estimate of drug-likeness (QED) is 0.893. The van der Waals surface area contributed by atoms with Crippen molar-refractivity contribution in [2.75, 3.05) is 36.9 Å². The highest BCUT2D eigenvalue weighted by atomic mass is 32.1. The molecule has 1 aliphatic rings. The largest absolute Gasteiger partial charge is 0.477 e. The van der Waals surface area contributed by atoms with E-state index in [2.05, 4.69) is 17.9 Å². The number of aromatic nitrogens is 1. The summed E-state index contributed by atoms with van der Waals surface area (Å²) in [4.78, 5) is 19.2. The number of rotatable bonds is 4. The number of nitrogens with zero attached hydrogens (tertiary/aromatic N) is 2. The summed E-state index contributed by atoms with van der Waals surface area (Å²) in [6.07, 6.45) is 2.80. The third-order valence-corrected chi connectivity index (χ3v) is 5.11. The maximum absolute atomic E-state index is 11.4. The van der Waals surface area contributed by atoms with Gasteiger partial charge < -0.3 is 20.5 Å². The fourth-order valence-electron chi connectivity index (χ4n) is 2.95. The summed E-state index contributed by atoms with van der Waals surface area (Å²) >= 11 is 1.16. The molecule has 1 saturated heterocycles. The lowest BCUT2D eigenvalue weighted by Gasteiger charge is -2.21. The van der Waals surface area contributed by atoms with E-state index in [1.54, 1.807) is 0 Å². The number of aromatic carboxylic acids is 1. The molecule has 0 bridgehead atoms. The summed E-state index contributed by atoms with van der Waals surface area (Å²) in [6, 6.07) is 2.06. The molecule has 0 aromatic carbocycles. The summed E-state index contributed by atoms with van der Waals surface area (Å²) < 4.78 is 5.50. The topological polar surface area (TPSA) is 88.7 Å². The molecule has 0 aliphatic carbocycles. The van der Waals surface area contributed by atoms with E-state index in [4.69, 9.17) is 15.5 Å². The monoisotopic (exact) mass is 335 g/mol. The molecule has 2 aromatic rings. The number of ether oxygens (including phenoxy) is 1. The van der Waals surface area contributed by atoms with Gasteiger partial charge in [-0.05, 0) is 24.5 Å². The molecule has 0 unspecified atom stereocenters. The van der Waals surface area contributed by atoms with Gasteiger partial charge in [-0.1, -0.05) is 13.3 Å². The van der Waals surface area contributed by atoms with Gasteiger partial charge in [0.1, 0.15) is 15.5 Å². The summed E-state index contributed by atoms with van der Waals surface area (Å²) in [5.41, 5.74) is 7.51. The number of nitrogens with two attached hydrogens (primary N) is 1. The summed E-state index contributed by atoms with van der Waals surface area (Å²) in [5, 5.41) is 10.1. The van der Waals surface area contributed by atoms with Crippen LogP contribution in [-0.4, -0.2) is 42.4 Å². The molecule has 0 saturated carbocycles. The minimum absolute atomic E-state index is 0.182. The predicted octanol–water partition coefficient (Wildman–Crippen LogP) is 2.76. The Morgan fingerprint density at radius 2 is 2.30 bits per heavy atom. The van der Waals surface area contributed by atoms with Crippen LogP contribution < -0.4 is 10.6 Å². The fourth-order valence-corrected chi connectivity index (χ4v) is 3.92. The molecule has 6 nitrogen and oxygen atoms in total. The van der Waals surface area contributed by atoms with Crippen molar-refractivity contribution in [2.24, 2.45) is 0 Å². The van der Waals surface area contributed by atoms with E-state index in [0.717, 1.165) is 67.1 Å². The van der Waals surface area contributed by atoms with Crippen LogP contribution in [0.1, 0.15) is 35.0 Å². The average Bonchev–Trinajstić information content (AvgIpc) is 2.72. The molecule has 3 heterocycles. The number of hydrogen-bond acceptors (Lipinski definition) is 6. The van der Waals surface area contributed by atoms with Crippen molar-refractivity contribution < 1.29 is 14.6 Å². The lowest BCUT2D eigenvalue weighted by atomic mass is 10.1. The number of nitrogen functional groups attached to an aromatic ring is 1. The van der Waals surface area contributed by atoms with Crippen molar-refractivity contribution in [3.63, 3.8) is 0 Å². The van der Waals surface area contributed by atoms with Crippen molar-refractivity contribution in [1.29, 1.82) is 0 Å². The molecule has 0 radical (unpaired) electrons. The first-order chi connectivity index (χ1) is 11.1. The predicted molar refractivity (Wildman–Crippen MR) is 92.6 cm³/mol. The van der Waals surface area contributed by atoms with Crippen LogP contribution in [-0.2, 0) is 11.2 Å². The van der Waals surface area contributed by atoms with Crippen LogP contribution in [0.4, 0.5) is 11.5 Å². The Balaban J connectivity index is 2.11. The van der Waals surface area contributed by atoms with Crippen molar-refractivity contribution in [1.82, 2.24) is 4.98 Å². The van der Waals surface area contributed by atoms with Crippen molar-refractivity contribution in [3.8, 4) is 0 Å². The van der Waals surface area contributed by atoms with Gasteiger partial charge in [-0.2, -0.15) is 0 Å². The van der Waals surface area contributed by atoms with Gasteiger partial charge in [-0.3, -0.25) is 0 Å². The zero-order valence-corrected chi connectivity index (χ0v) is 14.0. The molecule has 1 fully saturated rings. The maximum atomic E-state index is 11.4. The molecular weight excluding hydrogens is 314 g/mol. The zero-order valence-electron chi connectivity index (χ0n) is 13.2. The Labute approximate surface area is 138 Å². The second-order valence-corrected chi connectivity index (χ2v) is 6.67. The third-order valence-electron chi connectivity index (χ3n) is 4.03. The molecule has 2 aromatic heterocycles. The van der Waals surface area contributed by atoms with Crippen molar-refractivity contribution >= 4 is 39.0 Å². The number of fused-ring (bicyclic) bond motifs is 1. The van der Waals surface area contributed by atoms with Crippen LogP contribution in [0.5, 0.6) is 0 Å². The SMILES string of the molecule is CCCc1cc(N2CCCOCC2)nc2sc(C(=O)O)c(N)c12. The van der Waals surface area contributed by atoms with Gasteiger partial charge in [0.15, 0.2) is 0 Å². The number of carboxylic acids is 1. The molecule has 3 N–H and O–H groups in total. The number of hydrogen-bond donors (Lipinski definition) is 2. The first-order valence-corrected chi connectivity index (χ1v) is 8.71. The average molecular weight is 335 g/mol. The molecular formula is C16H21N3O3S. The van der Waals surface area contributed by atoms with Crippen LogP contribution in [0, 0.1) is 0 Å². The first-order valence-electron chi connectivity index (χ1n) is 7.89. The van der Waals surface area contributed by atoms with E-state index < -0.39 is 5.97 Å². The molecule has 1 aliphatic heterocycles. The van der Waals surface area contributed by atoms with Crippen molar-refractivity contribution in [3.05, 3.63) is 16.5 Å². The molecule has 7 heteroatoms. The summed E-state index contributed by atoms with van der Waals surface area (Å²) in [5.74, 6) is -0.0951. The minimum Gasteiger partial charge on any atom is -0.477 e. The van der Waals surface area contributed by atoms with E-state index in [9.17, 15) is 9.90 Å². The minimum atomic E-state index is -0.988. The number of carbonyl (C=O) groups is 1. The van der Waals surface area contributed by atoms with E-state index in [-0.39, 0.29) is 4.88 Å². The van der Waals surface area contributed by atoms with E-state index >= 15 is 0 Å². The molecule has 124 valence electrons. The Hall–Kier alpha value is -1.86. The highest BCUT2D eigenvalue weighted by Gasteiger charge is 2.21. The second-order valence-electron chi connectivity index (χ2n) is 5.67. The molecule has 0 amide bonds. The lowest BCUT2D eigenvalue weighted by Crippen LogP contribution is -2.26. The van der Waals surface area contributed by atoms with Crippen LogP contribution in [0.2, 0.25) is 0 Å². The number of pyridine rings is 1. The van der Waals surface area contributed by atoms with E-state index in [1.165, 1.54) is 0 Å². The molecule has 0 atom stereocenters. The highest BCUT2D eigenvalue weighted by Crippen LogP contribution is 2.37. The van der Waals surface area contributed by atoms with Gasteiger partial charge in [0, 0.05) is 25.1 Å². The number of aryl methyl sites for hydroxylation is 1. The van der Waals surface area contributed by atoms with E-state index in [0.29, 0.717) is 17.1 Å². The number of carboxylic acid groups (broad SMARTS) is 1. The van der Waals surface area contributed by atoms with E-state index in [1.807, 2.05) is 0 Å². The Kier molecular flexibility index (Phi) is 4.68. The van der Waals surface area contributed by atoms with Gasteiger partial charge in [0.25, 0.3) is 0 Å². The molecule has 0 spiro atoms. The maximum Gasteiger partial charge on any atom is 0.348 e. The van der Waals surface area contributed by atoms with Gasteiger partial charge in [0.2, 0.25) is 0 Å². The van der Waals surface area contributed by atoms with Crippen molar-refractivity contribution in [2.45, 2.75) is 26.2 Å².